The van der Waals surface area contributed by atoms with Crippen molar-refractivity contribution < 1.29 is 13.6 Å². The van der Waals surface area contributed by atoms with Gasteiger partial charge in [-0.15, -0.1) is 11.6 Å². The Kier molecular flexibility index (Phi) is 3.85. The maximum absolute atomic E-state index is 13.3. The van der Waals surface area contributed by atoms with E-state index in [1.165, 1.54) is 12.1 Å². The summed E-state index contributed by atoms with van der Waals surface area (Å²) in [6.07, 6.45) is 1.86. The van der Waals surface area contributed by atoms with Gasteiger partial charge in [-0.2, -0.15) is 0 Å². The molecule has 2 nitrogen and oxygen atoms in total. The Morgan fingerprint density at radius 1 is 1.39 bits per heavy atom. The topological polar surface area (TPSA) is 29.1 Å². The number of benzene rings is 1. The van der Waals surface area contributed by atoms with E-state index in [2.05, 4.69) is 5.32 Å². The van der Waals surface area contributed by atoms with Crippen molar-refractivity contribution in [2.45, 2.75) is 19.3 Å². The second-order valence-corrected chi connectivity index (χ2v) is 5.07. The number of amides is 1. The molecule has 0 spiro atoms. The van der Waals surface area contributed by atoms with Crippen LogP contribution in [0.3, 0.4) is 0 Å². The summed E-state index contributed by atoms with van der Waals surface area (Å²) in [5, 5.41) is 2.72. The van der Waals surface area contributed by atoms with E-state index < -0.39 is 11.6 Å². The quantitative estimate of drug-likeness (QED) is 0.821. The predicted molar refractivity (Wildman–Crippen MR) is 65.5 cm³/mol. The summed E-state index contributed by atoms with van der Waals surface area (Å²) >= 11 is 5.78. The molecule has 1 amide bonds. The van der Waals surface area contributed by atoms with Gasteiger partial charge in [-0.3, -0.25) is 4.79 Å². The van der Waals surface area contributed by atoms with E-state index in [1.54, 1.807) is 0 Å². The molecule has 2 rings (SSSR count). The number of nitrogens with one attached hydrogen (secondary N) is 1. The van der Waals surface area contributed by atoms with E-state index in [4.69, 9.17) is 11.6 Å². The highest BCUT2D eigenvalue weighted by Gasteiger charge is 2.41. The number of carbonyl (C=O) groups excluding carboxylic acids is 1. The zero-order chi connectivity index (χ0) is 13.2. The average Bonchev–Trinajstić information content (AvgIpc) is 3.13. The first kappa shape index (κ1) is 13.3. The molecule has 0 aromatic heterocycles. The van der Waals surface area contributed by atoms with Crippen LogP contribution in [-0.4, -0.2) is 18.3 Å². The maximum Gasteiger partial charge on any atom is 0.224 e. The molecule has 0 saturated heterocycles. The largest absolute Gasteiger partial charge is 0.355 e. The molecular weight excluding hydrogens is 260 g/mol. The van der Waals surface area contributed by atoms with Crippen LogP contribution in [0.15, 0.2) is 18.2 Å². The van der Waals surface area contributed by atoms with Crippen molar-refractivity contribution in [3.63, 3.8) is 0 Å². The van der Waals surface area contributed by atoms with Gasteiger partial charge in [0.2, 0.25) is 5.91 Å². The van der Waals surface area contributed by atoms with Gasteiger partial charge in [0.15, 0.2) is 11.6 Å². The molecule has 1 aliphatic rings. The minimum atomic E-state index is -0.953. The molecule has 18 heavy (non-hydrogen) atoms. The van der Waals surface area contributed by atoms with Gasteiger partial charge < -0.3 is 5.32 Å². The summed E-state index contributed by atoms with van der Waals surface area (Å²) in [6.45, 7) is 0.506. The summed E-state index contributed by atoms with van der Waals surface area (Å²) in [7, 11) is 0. The second kappa shape index (κ2) is 5.22. The van der Waals surface area contributed by atoms with Crippen LogP contribution in [0.4, 0.5) is 8.78 Å². The van der Waals surface area contributed by atoms with E-state index in [-0.39, 0.29) is 23.3 Å². The van der Waals surface area contributed by atoms with Crippen LogP contribution in [0.5, 0.6) is 0 Å². The van der Waals surface area contributed by atoms with Crippen molar-refractivity contribution >= 4 is 17.5 Å². The molecule has 1 aromatic carbocycles. The fraction of sp³-hybridized carbons (Fsp3) is 0.462. The van der Waals surface area contributed by atoms with Crippen molar-refractivity contribution in [1.29, 1.82) is 0 Å². The molecule has 0 radical (unpaired) electrons. The van der Waals surface area contributed by atoms with Crippen molar-refractivity contribution in [2.75, 3.05) is 12.4 Å². The Hall–Kier alpha value is -1.16. The Balaban J connectivity index is 1.89. The van der Waals surface area contributed by atoms with Gasteiger partial charge in [0.05, 0.1) is 6.42 Å². The van der Waals surface area contributed by atoms with Crippen LogP contribution in [0.25, 0.3) is 0 Å². The third-order valence-corrected chi connectivity index (χ3v) is 3.85. The molecule has 98 valence electrons. The molecule has 0 unspecified atom stereocenters. The summed E-state index contributed by atoms with van der Waals surface area (Å²) < 4.78 is 26.3. The highest BCUT2D eigenvalue weighted by atomic mass is 35.5. The highest BCUT2D eigenvalue weighted by Crippen LogP contribution is 2.45. The number of halogens is 3. The number of hydrogen-bond acceptors (Lipinski definition) is 1. The van der Waals surface area contributed by atoms with Crippen molar-refractivity contribution in [2.24, 2.45) is 5.41 Å². The molecule has 0 bridgehead atoms. The Morgan fingerprint density at radius 2 is 2.11 bits per heavy atom. The van der Waals surface area contributed by atoms with Crippen molar-refractivity contribution in [3.8, 4) is 0 Å². The molecule has 0 heterocycles. The molecule has 1 aromatic rings. The van der Waals surface area contributed by atoms with Crippen LogP contribution >= 0.6 is 11.6 Å². The van der Waals surface area contributed by atoms with Gasteiger partial charge in [-0.05, 0) is 18.9 Å². The number of alkyl halides is 1. The lowest BCUT2D eigenvalue weighted by Gasteiger charge is -2.12. The Morgan fingerprint density at radius 3 is 2.72 bits per heavy atom. The SMILES string of the molecule is O=C(Cc1cccc(F)c1F)NCC1(CCl)CC1. The number of hydrogen-bond donors (Lipinski definition) is 1. The lowest BCUT2D eigenvalue weighted by Crippen LogP contribution is -2.32. The van der Waals surface area contributed by atoms with E-state index >= 15 is 0 Å². The fourth-order valence-corrected chi connectivity index (χ4v) is 2.10. The van der Waals surface area contributed by atoms with Crippen LogP contribution in [-0.2, 0) is 11.2 Å². The first-order valence-electron chi connectivity index (χ1n) is 5.82. The van der Waals surface area contributed by atoms with E-state index in [9.17, 15) is 13.6 Å². The molecular formula is C13H14ClF2NO. The van der Waals surface area contributed by atoms with Crippen LogP contribution in [0.2, 0.25) is 0 Å². The summed E-state index contributed by atoms with van der Waals surface area (Å²) in [6, 6.07) is 3.83. The molecule has 1 saturated carbocycles. The van der Waals surface area contributed by atoms with Gasteiger partial charge in [0.25, 0.3) is 0 Å². The normalized spacial score (nSPS) is 16.4. The van der Waals surface area contributed by atoms with Gasteiger partial charge >= 0.3 is 0 Å². The predicted octanol–water partition coefficient (Wildman–Crippen LogP) is 2.64. The summed E-state index contributed by atoms with van der Waals surface area (Å²) in [5.74, 6) is -1.68. The summed E-state index contributed by atoms with van der Waals surface area (Å²) in [5.41, 5.74) is 0.0979. The monoisotopic (exact) mass is 273 g/mol. The lowest BCUT2D eigenvalue weighted by molar-refractivity contribution is -0.120. The molecule has 0 atom stereocenters. The highest BCUT2D eigenvalue weighted by molar-refractivity contribution is 6.18. The first-order valence-corrected chi connectivity index (χ1v) is 6.35. The average molecular weight is 274 g/mol. The Labute approximate surface area is 109 Å². The molecule has 1 aliphatic carbocycles. The molecule has 1 N–H and O–H groups in total. The fourth-order valence-electron chi connectivity index (χ4n) is 1.74. The number of carbonyl (C=O) groups is 1. The van der Waals surface area contributed by atoms with Crippen molar-refractivity contribution in [3.05, 3.63) is 35.4 Å². The second-order valence-electron chi connectivity index (χ2n) is 4.80. The minimum Gasteiger partial charge on any atom is -0.355 e. The maximum atomic E-state index is 13.3. The zero-order valence-electron chi connectivity index (χ0n) is 9.81. The third kappa shape index (κ3) is 2.99. The van der Waals surface area contributed by atoms with Crippen LogP contribution in [0, 0.1) is 17.0 Å². The minimum absolute atomic E-state index is 0.0255. The van der Waals surface area contributed by atoms with Gasteiger partial charge in [0.1, 0.15) is 0 Å². The summed E-state index contributed by atoms with van der Waals surface area (Å²) in [4.78, 5) is 11.6. The van der Waals surface area contributed by atoms with Crippen LogP contribution in [0.1, 0.15) is 18.4 Å². The van der Waals surface area contributed by atoms with Gasteiger partial charge in [-0.25, -0.2) is 8.78 Å². The number of rotatable bonds is 5. The van der Waals surface area contributed by atoms with Gasteiger partial charge in [-0.1, -0.05) is 12.1 Å². The van der Waals surface area contributed by atoms with Gasteiger partial charge in [0, 0.05) is 23.4 Å². The molecule has 0 aliphatic heterocycles. The lowest BCUT2D eigenvalue weighted by atomic mass is 10.1. The van der Waals surface area contributed by atoms with Crippen LogP contribution < -0.4 is 5.32 Å². The van der Waals surface area contributed by atoms with E-state index in [0.717, 1.165) is 18.9 Å². The smallest absolute Gasteiger partial charge is 0.224 e. The standard InChI is InChI=1S/C13H14ClF2NO/c14-7-13(4-5-13)8-17-11(18)6-9-2-1-3-10(15)12(9)16/h1-3H,4-8H2,(H,17,18). The zero-order valence-corrected chi connectivity index (χ0v) is 10.6. The molecule has 1 fully saturated rings. The Bertz CT molecular complexity index is 460. The first-order chi connectivity index (χ1) is 8.56. The van der Waals surface area contributed by atoms with Crippen molar-refractivity contribution in [1.82, 2.24) is 5.32 Å². The third-order valence-electron chi connectivity index (χ3n) is 3.28. The van der Waals surface area contributed by atoms with E-state index in [1.807, 2.05) is 0 Å². The molecule has 5 heteroatoms. The van der Waals surface area contributed by atoms with E-state index in [0.29, 0.717) is 12.4 Å².